The number of non-ortho nitro benzene ring substituents is 1. The van der Waals surface area contributed by atoms with Crippen molar-refractivity contribution in [2.24, 2.45) is 5.73 Å². The Morgan fingerprint density at radius 1 is 1.11 bits per heavy atom. The minimum atomic E-state index is -0.706. The van der Waals surface area contributed by atoms with Crippen molar-refractivity contribution in [3.63, 3.8) is 0 Å². The highest BCUT2D eigenvalue weighted by molar-refractivity contribution is 5.94. The van der Waals surface area contributed by atoms with Crippen LogP contribution in [0.15, 0.2) is 54.6 Å². The van der Waals surface area contributed by atoms with E-state index in [1.165, 1.54) is 29.2 Å². The van der Waals surface area contributed by atoms with Crippen LogP contribution in [0, 0.1) is 10.1 Å². The Bertz CT molecular complexity index is 780. The summed E-state index contributed by atoms with van der Waals surface area (Å²) in [6.45, 7) is 0.300. The van der Waals surface area contributed by atoms with Gasteiger partial charge >= 0.3 is 6.09 Å². The lowest BCUT2D eigenvalue weighted by molar-refractivity contribution is -0.384. The van der Waals surface area contributed by atoms with E-state index in [-0.39, 0.29) is 24.7 Å². The summed E-state index contributed by atoms with van der Waals surface area (Å²) < 4.78 is 5.26. The number of nitro groups is 1. The summed E-state index contributed by atoms with van der Waals surface area (Å²) in [5, 5.41) is 13.3. The summed E-state index contributed by atoms with van der Waals surface area (Å²) in [6, 6.07) is 14.3. The van der Waals surface area contributed by atoms with E-state index in [2.05, 4.69) is 5.32 Å². The summed E-state index contributed by atoms with van der Waals surface area (Å²) in [6.07, 6.45) is -0.706. The van der Waals surface area contributed by atoms with Crippen LogP contribution in [0.4, 0.5) is 16.2 Å². The third kappa shape index (κ3) is 6.08. The molecule has 0 saturated carbocycles. The van der Waals surface area contributed by atoms with Gasteiger partial charge in [0.05, 0.1) is 4.92 Å². The highest BCUT2D eigenvalue weighted by atomic mass is 16.6. The van der Waals surface area contributed by atoms with Gasteiger partial charge in [-0.15, -0.1) is 0 Å². The number of ether oxygens (including phenoxy) is 1. The normalized spacial score (nSPS) is 10.1. The van der Waals surface area contributed by atoms with Gasteiger partial charge in [-0.2, -0.15) is 0 Å². The first-order valence-corrected chi connectivity index (χ1v) is 8.20. The average Bonchev–Trinajstić information content (AvgIpc) is 2.69. The van der Waals surface area contributed by atoms with Crippen molar-refractivity contribution in [1.29, 1.82) is 0 Å². The maximum Gasteiger partial charge on any atom is 0.415 e. The van der Waals surface area contributed by atoms with Gasteiger partial charge in [0.2, 0.25) is 5.91 Å². The minimum absolute atomic E-state index is 0.0486. The Kier molecular flexibility index (Phi) is 7.26. The number of nitrogens with zero attached hydrogens (tertiary/aromatic N) is 2. The summed E-state index contributed by atoms with van der Waals surface area (Å²) in [7, 11) is 0. The molecule has 2 aromatic rings. The number of carbonyl (C=O) groups is 2. The number of anilines is 1. The molecule has 9 nitrogen and oxygen atoms in total. The minimum Gasteiger partial charge on any atom is -0.444 e. The van der Waals surface area contributed by atoms with E-state index in [9.17, 15) is 19.7 Å². The highest BCUT2D eigenvalue weighted by Crippen LogP contribution is 2.16. The molecule has 2 aromatic carbocycles. The molecule has 0 fully saturated rings. The van der Waals surface area contributed by atoms with Crippen LogP contribution in [0.3, 0.4) is 0 Å². The number of amides is 2. The Balaban J connectivity index is 2.04. The molecule has 0 atom stereocenters. The van der Waals surface area contributed by atoms with Gasteiger partial charge in [-0.05, 0) is 29.8 Å². The largest absolute Gasteiger partial charge is 0.444 e. The molecule has 0 aromatic heterocycles. The van der Waals surface area contributed by atoms with Crippen LogP contribution in [-0.2, 0) is 16.1 Å². The molecular formula is C18H20N4O5. The fourth-order valence-corrected chi connectivity index (χ4v) is 2.22. The van der Waals surface area contributed by atoms with Crippen molar-refractivity contribution in [2.75, 3.05) is 24.5 Å². The second-order valence-electron chi connectivity index (χ2n) is 5.54. The Morgan fingerprint density at radius 2 is 1.78 bits per heavy atom. The van der Waals surface area contributed by atoms with Gasteiger partial charge in [-0.25, -0.2) is 4.79 Å². The molecule has 2 amide bonds. The van der Waals surface area contributed by atoms with E-state index in [1.807, 2.05) is 0 Å². The molecule has 0 aliphatic heterocycles. The van der Waals surface area contributed by atoms with E-state index >= 15 is 0 Å². The molecule has 0 unspecified atom stereocenters. The number of benzene rings is 2. The number of carbonyl (C=O) groups excluding carboxylic acids is 2. The van der Waals surface area contributed by atoms with Gasteiger partial charge in [0.25, 0.3) is 5.69 Å². The van der Waals surface area contributed by atoms with Crippen LogP contribution < -0.4 is 16.0 Å². The zero-order valence-electron chi connectivity index (χ0n) is 14.5. The summed E-state index contributed by atoms with van der Waals surface area (Å²) in [5.74, 6) is -0.364. The number of rotatable bonds is 8. The third-order valence-corrected chi connectivity index (χ3v) is 3.57. The van der Waals surface area contributed by atoms with Crippen LogP contribution in [0.1, 0.15) is 5.56 Å². The second-order valence-corrected chi connectivity index (χ2v) is 5.54. The molecule has 0 aliphatic rings. The lowest BCUT2D eigenvalue weighted by atomic mass is 10.2. The molecule has 142 valence electrons. The summed E-state index contributed by atoms with van der Waals surface area (Å²) in [5.41, 5.74) is 6.41. The Morgan fingerprint density at radius 3 is 2.37 bits per heavy atom. The summed E-state index contributed by atoms with van der Waals surface area (Å²) >= 11 is 0. The van der Waals surface area contributed by atoms with Gasteiger partial charge in [0.15, 0.2) is 0 Å². The number of nitro benzene ring substituents is 1. The molecule has 27 heavy (non-hydrogen) atoms. The Hall–Kier alpha value is -3.46. The quantitative estimate of drug-likeness (QED) is 0.537. The highest BCUT2D eigenvalue weighted by Gasteiger charge is 2.20. The predicted octanol–water partition coefficient (Wildman–Crippen LogP) is 1.81. The summed E-state index contributed by atoms with van der Waals surface area (Å²) in [4.78, 5) is 35.8. The number of hydrogen-bond donors (Lipinski definition) is 2. The first kappa shape index (κ1) is 19.9. The van der Waals surface area contributed by atoms with Gasteiger partial charge in [0, 0.05) is 30.9 Å². The standard InChI is InChI=1S/C18H20N4O5/c19-10-11-20-17(23)12-21(15-4-2-1-3-5-15)18(24)27-13-14-6-8-16(9-7-14)22(25)26/h1-9H,10-13,19H2,(H,20,23). The molecule has 0 aliphatic carbocycles. The zero-order valence-corrected chi connectivity index (χ0v) is 14.5. The topological polar surface area (TPSA) is 128 Å². The number of hydrogen-bond acceptors (Lipinski definition) is 6. The molecule has 2 rings (SSSR count). The lowest BCUT2D eigenvalue weighted by Gasteiger charge is -2.21. The molecule has 0 bridgehead atoms. The van der Waals surface area contributed by atoms with Gasteiger partial charge in [-0.3, -0.25) is 19.8 Å². The molecule has 3 N–H and O–H groups in total. The van der Waals surface area contributed by atoms with Crippen LogP contribution in [0.2, 0.25) is 0 Å². The Labute approximate surface area is 155 Å². The predicted molar refractivity (Wildman–Crippen MR) is 99.1 cm³/mol. The van der Waals surface area contributed by atoms with Crippen LogP contribution in [0.25, 0.3) is 0 Å². The molecule has 0 radical (unpaired) electrons. The number of para-hydroxylation sites is 1. The van der Waals surface area contributed by atoms with E-state index in [0.29, 0.717) is 24.3 Å². The lowest BCUT2D eigenvalue weighted by Crippen LogP contribution is -2.42. The number of nitrogens with two attached hydrogens (primary N) is 1. The van der Waals surface area contributed by atoms with Gasteiger partial charge in [-0.1, -0.05) is 18.2 Å². The second kappa shape index (κ2) is 9.88. The maximum absolute atomic E-state index is 12.5. The fourth-order valence-electron chi connectivity index (χ4n) is 2.22. The van der Waals surface area contributed by atoms with Crippen molar-refractivity contribution >= 4 is 23.4 Å². The van der Waals surface area contributed by atoms with Gasteiger partial charge < -0.3 is 15.8 Å². The first-order valence-electron chi connectivity index (χ1n) is 8.20. The van der Waals surface area contributed by atoms with Crippen molar-refractivity contribution in [2.45, 2.75) is 6.61 Å². The SMILES string of the molecule is NCCNC(=O)CN(C(=O)OCc1ccc([N+](=O)[O-])cc1)c1ccccc1. The van der Waals surface area contributed by atoms with E-state index in [0.717, 1.165) is 0 Å². The fraction of sp³-hybridized carbons (Fsp3) is 0.222. The van der Waals surface area contributed by atoms with Crippen molar-refractivity contribution in [1.82, 2.24) is 5.32 Å². The van der Waals surface area contributed by atoms with E-state index < -0.39 is 11.0 Å². The molecular weight excluding hydrogens is 352 g/mol. The maximum atomic E-state index is 12.5. The first-order chi connectivity index (χ1) is 13.0. The van der Waals surface area contributed by atoms with Gasteiger partial charge in [0.1, 0.15) is 13.2 Å². The molecule has 9 heteroatoms. The van der Waals surface area contributed by atoms with Crippen molar-refractivity contribution in [3.05, 3.63) is 70.3 Å². The zero-order chi connectivity index (χ0) is 19.6. The molecule has 0 heterocycles. The van der Waals surface area contributed by atoms with Crippen molar-refractivity contribution < 1.29 is 19.2 Å². The smallest absolute Gasteiger partial charge is 0.415 e. The molecule has 0 saturated heterocycles. The van der Waals surface area contributed by atoms with E-state index in [4.69, 9.17) is 10.5 Å². The third-order valence-electron chi connectivity index (χ3n) is 3.57. The monoisotopic (exact) mass is 372 g/mol. The van der Waals surface area contributed by atoms with E-state index in [1.54, 1.807) is 30.3 Å². The van der Waals surface area contributed by atoms with Crippen molar-refractivity contribution in [3.8, 4) is 0 Å². The average molecular weight is 372 g/mol. The van der Waals surface area contributed by atoms with Crippen LogP contribution in [-0.4, -0.2) is 36.6 Å². The van der Waals surface area contributed by atoms with Crippen LogP contribution in [0.5, 0.6) is 0 Å². The molecule has 0 spiro atoms. The van der Waals surface area contributed by atoms with Crippen LogP contribution >= 0.6 is 0 Å². The number of nitrogens with one attached hydrogen (secondary N) is 1.